The number of hydrogen-bond acceptors (Lipinski definition) is 6. The van der Waals surface area contributed by atoms with Gasteiger partial charge in [-0.3, -0.25) is 14.5 Å². The highest BCUT2D eigenvalue weighted by Crippen LogP contribution is 2.62. The Balaban J connectivity index is 1.99. The molecule has 3 rings (SSSR count). The molecule has 114 valence electrons. The molecule has 21 heavy (non-hydrogen) atoms. The Morgan fingerprint density at radius 3 is 2.67 bits per heavy atom. The van der Waals surface area contributed by atoms with Crippen LogP contribution in [0.2, 0.25) is 0 Å². The van der Waals surface area contributed by atoms with E-state index in [1.54, 1.807) is 18.8 Å². The first-order valence-corrected chi connectivity index (χ1v) is 7.58. The van der Waals surface area contributed by atoms with Gasteiger partial charge >= 0.3 is 11.9 Å². The predicted octanol–water partition coefficient (Wildman–Crippen LogP) is -0.0761. The fraction of sp³-hybridized carbons (Fsp3) is 0.615. The maximum atomic E-state index is 12.1. The minimum absolute atomic E-state index is 0.00556. The number of hydrogen-bond donors (Lipinski definition) is 2. The van der Waals surface area contributed by atoms with Gasteiger partial charge in [-0.25, -0.2) is 4.79 Å². The van der Waals surface area contributed by atoms with Gasteiger partial charge in [0.05, 0.1) is 0 Å². The lowest BCUT2D eigenvalue weighted by molar-refractivity contribution is -0.149. The van der Waals surface area contributed by atoms with Crippen molar-refractivity contribution in [3.8, 4) is 0 Å². The van der Waals surface area contributed by atoms with E-state index in [-0.39, 0.29) is 34.4 Å². The third-order valence-electron chi connectivity index (χ3n) is 4.10. The third-order valence-corrected chi connectivity index (χ3v) is 5.93. The van der Waals surface area contributed by atoms with Gasteiger partial charge in [0.1, 0.15) is 23.7 Å². The largest absolute Gasteiger partial charge is 0.477 e. The monoisotopic (exact) mass is 312 g/mol. The Hall–Kier alpha value is -1.54. The van der Waals surface area contributed by atoms with Gasteiger partial charge in [0.2, 0.25) is 5.91 Å². The second-order valence-corrected chi connectivity index (χ2v) is 6.89. The van der Waals surface area contributed by atoms with Crippen molar-refractivity contribution in [1.82, 2.24) is 10.2 Å². The number of likely N-dealkylation sites (N-methyl/N-ethyl adjacent to an activating group) is 1. The highest BCUT2D eigenvalue weighted by atomic mass is 32.2. The van der Waals surface area contributed by atoms with Crippen molar-refractivity contribution in [2.75, 3.05) is 13.7 Å². The fourth-order valence-electron chi connectivity index (χ4n) is 2.89. The number of esters is 1. The SMILES string of the molecule is CNC1C(=O)N2C(C(=O)O)=C(COC(C)=O)C3(CC3)SC12. The lowest BCUT2D eigenvalue weighted by Crippen LogP contribution is -2.70. The highest BCUT2D eigenvalue weighted by Gasteiger charge is 2.63. The fourth-order valence-corrected chi connectivity index (χ4v) is 4.69. The maximum Gasteiger partial charge on any atom is 0.352 e. The van der Waals surface area contributed by atoms with Crippen LogP contribution in [-0.4, -0.2) is 57.7 Å². The molecule has 3 aliphatic rings. The van der Waals surface area contributed by atoms with E-state index in [2.05, 4.69) is 5.32 Å². The van der Waals surface area contributed by atoms with E-state index in [1.165, 1.54) is 11.8 Å². The Labute approximate surface area is 125 Å². The molecule has 2 fully saturated rings. The van der Waals surface area contributed by atoms with Crippen molar-refractivity contribution in [3.05, 3.63) is 11.3 Å². The summed E-state index contributed by atoms with van der Waals surface area (Å²) in [5.74, 6) is -1.85. The van der Waals surface area contributed by atoms with E-state index in [0.29, 0.717) is 5.57 Å². The minimum atomic E-state index is -1.14. The zero-order valence-electron chi connectivity index (χ0n) is 11.7. The van der Waals surface area contributed by atoms with Crippen LogP contribution in [0.25, 0.3) is 0 Å². The molecule has 2 atom stereocenters. The van der Waals surface area contributed by atoms with Gasteiger partial charge in [-0.2, -0.15) is 0 Å². The molecule has 1 aliphatic carbocycles. The number of carbonyl (C=O) groups is 3. The minimum Gasteiger partial charge on any atom is -0.477 e. The summed E-state index contributed by atoms with van der Waals surface area (Å²) in [6.07, 6.45) is 1.69. The second-order valence-electron chi connectivity index (χ2n) is 5.39. The molecule has 1 spiro atoms. The van der Waals surface area contributed by atoms with Gasteiger partial charge < -0.3 is 15.2 Å². The molecule has 0 aromatic carbocycles. The normalized spacial score (nSPS) is 29.0. The van der Waals surface area contributed by atoms with Crippen LogP contribution in [0.15, 0.2) is 11.3 Å². The topological polar surface area (TPSA) is 95.9 Å². The Bertz CT molecular complexity index is 569. The van der Waals surface area contributed by atoms with E-state index in [4.69, 9.17) is 4.74 Å². The quantitative estimate of drug-likeness (QED) is 0.554. The number of β-lactam (4-membered cyclic amide) rings is 1. The number of carboxylic acids is 1. The van der Waals surface area contributed by atoms with E-state index in [0.717, 1.165) is 12.8 Å². The molecule has 0 aromatic heterocycles. The molecular formula is C13H16N2O5S. The molecule has 0 aromatic rings. The van der Waals surface area contributed by atoms with Crippen molar-refractivity contribution < 1.29 is 24.2 Å². The molecule has 2 heterocycles. The van der Waals surface area contributed by atoms with Crippen molar-refractivity contribution in [3.63, 3.8) is 0 Å². The van der Waals surface area contributed by atoms with E-state index >= 15 is 0 Å². The Morgan fingerprint density at radius 1 is 1.52 bits per heavy atom. The van der Waals surface area contributed by atoms with E-state index in [9.17, 15) is 19.5 Å². The summed E-state index contributed by atoms with van der Waals surface area (Å²) in [5.41, 5.74) is 0.545. The molecule has 0 radical (unpaired) electrons. The van der Waals surface area contributed by atoms with Crippen molar-refractivity contribution >= 4 is 29.6 Å². The van der Waals surface area contributed by atoms with Crippen LogP contribution in [0.1, 0.15) is 19.8 Å². The van der Waals surface area contributed by atoms with Gasteiger partial charge in [-0.05, 0) is 19.9 Å². The van der Waals surface area contributed by atoms with E-state index in [1.807, 2.05) is 0 Å². The summed E-state index contributed by atoms with van der Waals surface area (Å²) < 4.78 is 4.71. The first kappa shape index (κ1) is 14.4. The highest BCUT2D eigenvalue weighted by molar-refractivity contribution is 8.02. The third kappa shape index (κ3) is 2.04. The van der Waals surface area contributed by atoms with Gasteiger partial charge in [0.25, 0.3) is 0 Å². The summed E-state index contributed by atoms with van der Waals surface area (Å²) in [6.45, 7) is 1.22. The summed E-state index contributed by atoms with van der Waals surface area (Å²) >= 11 is 1.60. The Kier molecular flexibility index (Phi) is 3.25. The number of ether oxygens (including phenoxy) is 1. The van der Waals surface area contributed by atoms with Crippen molar-refractivity contribution in [2.45, 2.75) is 35.9 Å². The number of thioether (sulfide) groups is 1. The lowest BCUT2D eigenvalue weighted by Gasteiger charge is -2.51. The first-order chi connectivity index (χ1) is 9.91. The zero-order valence-corrected chi connectivity index (χ0v) is 12.5. The van der Waals surface area contributed by atoms with Crippen LogP contribution in [0.5, 0.6) is 0 Å². The van der Waals surface area contributed by atoms with Gasteiger partial charge in [0.15, 0.2) is 0 Å². The summed E-state index contributed by atoms with van der Waals surface area (Å²) in [6, 6.07) is -0.350. The standard InChI is InChI=1S/C13H16N2O5S/c1-6(16)20-5-7-9(12(18)19)15-10(17)8(14-2)11(15)21-13(7)3-4-13/h8,11,14H,3-5H2,1-2H3,(H,18,19). The second kappa shape index (κ2) is 4.74. The summed E-state index contributed by atoms with van der Waals surface area (Å²) in [5, 5.41) is 12.2. The number of amides is 1. The average molecular weight is 312 g/mol. The average Bonchev–Trinajstić information content (AvgIpc) is 3.17. The van der Waals surface area contributed by atoms with Crippen molar-refractivity contribution in [2.24, 2.45) is 0 Å². The molecule has 1 amide bonds. The lowest BCUT2D eigenvalue weighted by atomic mass is 10.00. The molecule has 2 aliphatic heterocycles. The van der Waals surface area contributed by atoms with Crippen LogP contribution in [-0.2, 0) is 19.1 Å². The smallest absolute Gasteiger partial charge is 0.352 e. The molecule has 2 N–H and O–H groups in total. The first-order valence-electron chi connectivity index (χ1n) is 6.70. The summed E-state index contributed by atoms with van der Waals surface area (Å²) in [4.78, 5) is 36.1. The molecule has 0 bridgehead atoms. The van der Waals surface area contributed by atoms with Gasteiger partial charge in [0, 0.05) is 17.2 Å². The molecule has 1 saturated heterocycles. The zero-order chi connectivity index (χ0) is 15.4. The number of carbonyl (C=O) groups excluding carboxylic acids is 2. The van der Waals surface area contributed by atoms with Crippen LogP contribution >= 0.6 is 11.8 Å². The molecule has 2 unspecified atom stereocenters. The summed E-state index contributed by atoms with van der Waals surface area (Å²) in [7, 11) is 1.69. The van der Waals surface area contributed by atoms with Crippen LogP contribution < -0.4 is 5.32 Å². The van der Waals surface area contributed by atoms with Gasteiger partial charge in [-0.1, -0.05) is 0 Å². The van der Waals surface area contributed by atoms with Crippen LogP contribution in [0, 0.1) is 0 Å². The van der Waals surface area contributed by atoms with Crippen LogP contribution in [0.4, 0.5) is 0 Å². The number of nitrogens with zero attached hydrogens (tertiary/aromatic N) is 1. The molecule has 1 saturated carbocycles. The number of rotatable bonds is 4. The number of fused-ring (bicyclic) bond motifs is 1. The predicted molar refractivity (Wildman–Crippen MR) is 74.3 cm³/mol. The van der Waals surface area contributed by atoms with E-state index < -0.39 is 11.9 Å². The van der Waals surface area contributed by atoms with Gasteiger partial charge in [-0.15, -0.1) is 11.8 Å². The molecule has 7 nitrogen and oxygen atoms in total. The Morgan fingerprint density at radius 2 is 2.19 bits per heavy atom. The molecule has 8 heteroatoms. The molecular weight excluding hydrogens is 296 g/mol. The number of carboxylic acid groups (broad SMARTS) is 1. The number of nitrogens with one attached hydrogen (secondary N) is 1. The maximum absolute atomic E-state index is 12.1. The number of aliphatic carboxylic acids is 1. The van der Waals surface area contributed by atoms with Crippen LogP contribution in [0.3, 0.4) is 0 Å². The van der Waals surface area contributed by atoms with Crippen molar-refractivity contribution in [1.29, 1.82) is 0 Å².